The van der Waals surface area contributed by atoms with Crippen LogP contribution in [0.5, 0.6) is 0 Å². The van der Waals surface area contributed by atoms with Gasteiger partial charge in [-0.25, -0.2) is 4.68 Å². The van der Waals surface area contributed by atoms with Gasteiger partial charge in [0.25, 0.3) is 5.56 Å². The van der Waals surface area contributed by atoms with Gasteiger partial charge in [-0.1, -0.05) is 72.4 Å². The second kappa shape index (κ2) is 15.3. The predicted molar refractivity (Wildman–Crippen MR) is 165 cm³/mol. The normalized spacial score (nSPS) is 11.3. The number of nitrogens with one attached hydrogen (secondary N) is 1. The van der Waals surface area contributed by atoms with Crippen LogP contribution in [0.4, 0.5) is 5.69 Å². The van der Waals surface area contributed by atoms with E-state index in [1.807, 2.05) is 35.9 Å². The Hall–Kier alpha value is -2.92. The highest BCUT2D eigenvalue weighted by Gasteiger charge is 2.15. The van der Waals surface area contributed by atoms with Gasteiger partial charge in [0, 0.05) is 42.8 Å². The molecule has 0 spiro atoms. The van der Waals surface area contributed by atoms with Crippen molar-refractivity contribution in [2.45, 2.75) is 63.1 Å². The molecular weight excluding hydrogens is 583 g/mol. The lowest BCUT2D eigenvalue weighted by molar-refractivity contribution is -0.116. The van der Waals surface area contributed by atoms with Gasteiger partial charge < -0.3 is 15.0 Å². The summed E-state index contributed by atoms with van der Waals surface area (Å²) in [6.45, 7) is 0.358. The fourth-order valence-corrected chi connectivity index (χ4v) is 5.85. The van der Waals surface area contributed by atoms with Crippen molar-refractivity contribution in [1.82, 2.24) is 24.5 Å². The van der Waals surface area contributed by atoms with Crippen molar-refractivity contribution in [3.63, 3.8) is 0 Å². The summed E-state index contributed by atoms with van der Waals surface area (Å²) in [5.41, 5.74) is 1.19. The van der Waals surface area contributed by atoms with Crippen molar-refractivity contribution >= 4 is 57.3 Å². The third-order valence-electron chi connectivity index (χ3n) is 6.71. The number of carbonyl (C=O) groups is 1. The number of thioether (sulfide) groups is 1. The molecule has 2 aromatic heterocycles. The molecule has 4 rings (SSSR count). The first kappa shape index (κ1) is 31.0. The lowest BCUT2D eigenvalue weighted by Gasteiger charge is -2.11. The molecule has 0 aliphatic carbocycles. The average molecular weight is 618 g/mol. The van der Waals surface area contributed by atoms with Gasteiger partial charge in [-0.05, 0) is 43.5 Å². The molecule has 2 N–H and O–H groups in total. The highest BCUT2D eigenvalue weighted by atomic mass is 35.5. The zero-order valence-electron chi connectivity index (χ0n) is 23.0. The Kier molecular flexibility index (Phi) is 11.6. The van der Waals surface area contributed by atoms with Crippen LogP contribution in [-0.4, -0.2) is 47.9 Å². The lowest BCUT2D eigenvalue weighted by Crippen LogP contribution is -2.25. The van der Waals surface area contributed by atoms with Crippen LogP contribution in [0.2, 0.25) is 10.0 Å². The first-order valence-electron chi connectivity index (χ1n) is 13.7. The fraction of sp³-hybridized carbons (Fsp3) is 0.414. The summed E-state index contributed by atoms with van der Waals surface area (Å²) in [6, 6.07) is 12.5. The first-order valence-corrected chi connectivity index (χ1v) is 15.5. The number of fused-ring (bicyclic) bond motifs is 1. The van der Waals surface area contributed by atoms with E-state index < -0.39 is 0 Å². The number of hydrogen-bond acceptors (Lipinski definition) is 7. The molecule has 0 radical (unpaired) electrons. The Morgan fingerprint density at radius 1 is 1.00 bits per heavy atom. The van der Waals surface area contributed by atoms with Gasteiger partial charge in [-0.2, -0.15) is 5.10 Å². The molecule has 1 amide bonds. The Labute approximate surface area is 253 Å². The maximum Gasteiger partial charge on any atom is 0.274 e. The van der Waals surface area contributed by atoms with Crippen molar-refractivity contribution < 1.29 is 9.90 Å². The Bertz CT molecular complexity index is 1540. The first-order chi connectivity index (χ1) is 19.9. The Balaban J connectivity index is 1.21. The van der Waals surface area contributed by atoms with Crippen molar-refractivity contribution in [2.75, 3.05) is 17.7 Å². The number of amides is 1. The largest absolute Gasteiger partial charge is 0.396 e. The zero-order chi connectivity index (χ0) is 29.2. The predicted octanol–water partition coefficient (Wildman–Crippen LogP) is 5.88. The molecular formula is C29H34Cl2N6O3S. The van der Waals surface area contributed by atoms with Crippen molar-refractivity contribution in [3.8, 4) is 0 Å². The smallest absolute Gasteiger partial charge is 0.274 e. The van der Waals surface area contributed by atoms with Crippen LogP contribution < -0.4 is 10.9 Å². The Morgan fingerprint density at radius 2 is 1.76 bits per heavy atom. The van der Waals surface area contributed by atoms with Crippen LogP contribution in [0.1, 0.15) is 56.5 Å². The Morgan fingerprint density at radius 3 is 2.54 bits per heavy atom. The summed E-state index contributed by atoms with van der Waals surface area (Å²) in [6.07, 6.45) is 6.36. The highest BCUT2D eigenvalue weighted by molar-refractivity contribution is 7.99. The fourth-order valence-electron chi connectivity index (χ4n) is 4.47. The van der Waals surface area contributed by atoms with Gasteiger partial charge in [-0.15, -0.1) is 10.2 Å². The molecule has 0 bridgehead atoms. The number of nitrogens with zero attached hydrogens (tertiary/aromatic N) is 5. The second-order valence-electron chi connectivity index (χ2n) is 9.77. The summed E-state index contributed by atoms with van der Waals surface area (Å²) >= 11 is 13.7. The minimum absolute atomic E-state index is 0.00183. The number of unbranched alkanes of at least 4 members (excludes halogenated alkanes) is 4. The third kappa shape index (κ3) is 8.54. The number of halogens is 2. The standard InChI is InChI=1S/C29H34Cl2N6O3S/c1-36-26(19-25-21-10-6-7-11-22(21)28(40)37(35-25)15-9-16-38)33-34-29(36)41-17-8-4-2-3-5-12-27(39)32-24-14-13-20(30)18-23(24)31/h6-7,10-11,13-14,18,38H,2-5,8-9,12,15-17,19H2,1H3,(H,32,39). The van der Waals surface area contributed by atoms with Gasteiger partial charge in [-0.3, -0.25) is 9.59 Å². The van der Waals surface area contributed by atoms with Crippen molar-refractivity contribution in [1.29, 1.82) is 0 Å². The van der Waals surface area contributed by atoms with Crippen LogP contribution in [0.25, 0.3) is 10.8 Å². The summed E-state index contributed by atoms with van der Waals surface area (Å²) in [5, 5.41) is 28.7. The second-order valence-corrected chi connectivity index (χ2v) is 11.7. The monoisotopic (exact) mass is 616 g/mol. The van der Waals surface area contributed by atoms with Gasteiger partial charge in [0.1, 0.15) is 5.82 Å². The number of benzene rings is 2. The van der Waals surface area contributed by atoms with E-state index >= 15 is 0 Å². The number of aryl methyl sites for hydroxylation is 1. The van der Waals surface area contributed by atoms with Gasteiger partial charge in [0.15, 0.2) is 5.16 Å². The van der Waals surface area contributed by atoms with E-state index in [4.69, 9.17) is 23.2 Å². The number of carbonyl (C=O) groups excluding carboxylic acids is 1. The average Bonchev–Trinajstić information content (AvgIpc) is 3.31. The summed E-state index contributed by atoms with van der Waals surface area (Å²) in [7, 11) is 1.95. The minimum atomic E-state index is -0.155. The van der Waals surface area contributed by atoms with E-state index in [1.54, 1.807) is 30.0 Å². The summed E-state index contributed by atoms with van der Waals surface area (Å²) in [5.74, 6) is 1.65. The van der Waals surface area contributed by atoms with Crippen molar-refractivity contribution in [2.24, 2.45) is 7.05 Å². The zero-order valence-corrected chi connectivity index (χ0v) is 25.3. The molecule has 9 nitrogen and oxygen atoms in total. The van der Waals surface area contributed by atoms with Gasteiger partial charge in [0.2, 0.25) is 5.91 Å². The topological polar surface area (TPSA) is 115 Å². The molecule has 0 aliphatic heterocycles. The maximum absolute atomic E-state index is 12.8. The van der Waals surface area contributed by atoms with Crippen LogP contribution in [-0.2, 0) is 24.8 Å². The molecule has 218 valence electrons. The van der Waals surface area contributed by atoms with Crippen LogP contribution in [0.3, 0.4) is 0 Å². The van der Waals surface area contributed by atoms with E-state index in [0.29, 0.717) is 46.9 Å². The van der Waals surface area contributed by atoms with Crippen molar-refractivity contribution in [3.05, 3.63) is 74.4 Å². The van der Waals surface area contributed by atoms with E-state index in [2.05, 4.69) is 20.6 Å². The number of rotatable bonds is 15. The number of anilines is 1. The summed E-state index contributed by atoms with van der Waals surface area (Å²) in [4.78, 5) is 25.0. The van der Waals surface area contributed by atoms with E-state index in [9.17, 15) is 14.7 Å². The summed E-state index contributed by atoms with van der Waals surface area (Å²) < 4.78 is 3.41. The van der Waals surface area contributed by atoms with Crippen LogP contribution >= 0.6 is 35.0 Å². The molecule has 41 heavy (non-hydrogen) atoms. The molecule has 0 unspecified atom stereocenters. The maximum atomic E-state index is 12.8. The SMILES string of the molecule is Cn1c(Cc2nn(CCCO)c(=O)c3ccccc23)nnc1SCCCCCCCC(=O)Nc1ccc(Cl)cc1Cl. The molecule has 0 saturated heterocycles. The molecule has 0 saturated carbocycles. The highest BCUT2D eigenvalue weighted by Crippen LogP contribution is 2.26. The van der Waals surface area contributed by atoms with Crippen LogP contribution in [0.15, 0.2) is 52.4 Å². The van der Waals surface area contributed by atoms with E-state index in [0.717, 1.165) is 59.9 Å². The number of aromatic nitrogens is 5. The number of aliphatic hydroxyl groups is 1. The lowest BCUT2D eigenvalue weighted by atomic mass is 10.1. The number of hydrogen-bond donors (Lipinski definition) is 2. The van der Waals surface area contributed by atoms with E-state index in [-0.39, 0.29) is 18.1 Å². The third-order valence-corrected chi connectivity index (χ3v) is 8.36. The minimum Gasteiger partial charge on any atom is -0.396 e. The van der Waals surface area contributed by atoms with Gasteiger partial charge >= 0.3 is 0 Å². The molecule has 0 fully saturated rings. The molecule has 0 aliphatic rings. The molecule has 12 heteroatoms. The van der Waals surface area contributed by atoms with Gasteiger partial charge in [0.05, 0.1) is 28.2 Å². The quantitative estimate of drug-likeness (QED) is 0.127. The molecule has 2 heterocycles. The number of aliphatic hydroxyl groups excluding tert-OH is 1. The van der Waals surface area contributed by atoms with Crippen LogP contribution in [0, 0.1) is 0 Å². The molecule has 4 aromatic rings. The van der Waals surface area contributed by atoms with E-state index in [1.165, 1.54) is 4.68 Å². The molecule has 0 atom stereocenters. The molecule has 2 aromatic carbocycles.